The first kappa shape index (κ1) is 25.0. The summed E-state index contributed by atoms with van der Waals surface area (Å²) in [4.78, 5) is 16.1. The summed E-state index contributed by atoms with van der Waals surface area (Å²) in [5.74, 6) is 2.11. The summed E-state index contributed by atoms with van der Waals surface area (Å²) in [6.07, 6.45) is 1.99. The van der Waals surface area contributed by atoms with Gasteiger partial charge in [0.15, 0.2) is 17.4 Å². The minimum Gasteiger partial charge on any atom is -0.497 e. The smallest absolute Gasteiger partial charge is 0.227 e. The van der Waals surface area contributed by atoms with Crippen molar-refractivity contribution in [3.63, 3.8) is 0 Å². The van der Waals surface area contributed by atoms with Gasteiger partial charge in [0.2, 0.25) is 11.9 Å². The van der Waals surface area contributed by atoms with E-state index in [1.165, 1.54) is 13.2 Å². The summed E-state index contributed by atoms with van der Waals surface area (Å²) in [5.41, 5.74) is 1.87. The highest BCUT2D eigenvalue weighted by Gasteiger charge is 2.24. The molecule has 0 spiro atoms. The molecule has 1 saturated heterocycles. The molecule has 1 aromatic heterocycles. The van der Waals surface area contributed by atoms with Crippen LogP contribution >= 0.6 is 15.9 Å². The van der Waals surface area contributed by atoms with E-state index < -0.39 is 5.82 Å². The third kappa shape index (κ3) is 5.75. The fourth-order valence-corrected chi connectivity index (χ4v) is 4.60. The van der Waals surface area contributed by atoms with Gasteiger partial charge in [0.05, 0.1) is 20.8 Å². The predicted molar refractivity (Wildman–Crippen MR) is 134 cm³/mol. The first-order valence-corrected chi connectivity index (χ1v) is 12.2. The molecule has 1 aliphatic heterocycles. The molecule has 0 atom stereocenters. The van der Waals surface area contributed by atoms with Crippen molar-refractivity contribution >= 4 is 27.8 Å². The Bertz CT molecular complexity index is 1200. The minimum absolute atomic E-state index is 0.131. The number of aromatic nitrogens is 3. The minimum atomic E-state index is -0.392. The molecule has 2 heterocycles. The highest BCUT2D eigenvalue weighted by molar-refractivity contribution is 9.10. The number of carbonyl (C=O) groups is 1. The van der Waals surface area contributed by atoms with Gasteiger partial charge in [-0.15, -0.1) is 10.2 Å². The molecule has 10 heteroatoms. The van der Waals surface area contributed by atoms with Gasteiger partial charge >= 0.3 is 0 Å². The lowest BCUT2D eigenvalue weighted by Crippen LogP contribution is -2.27. The van der Waals surface area contributed by atoms with Crippen LogP contribution in [0.3, 0.4) is 0 Å². The zero-order valence-corrected chi connectivity index (χ0v) is 21.7. The van der Waals surface area contributed by atoms with Crippen LogP contribution in [0.1, 0.15) is 29.8 Å². The number of nitrogens with zero attached hydrogens (tertiary/aromatic N) is 5. The molecule has 35 heavy (non-hydrogen) atoms. The third-order valence-corrected chi connectivity index (χ3v) is 6.93. The Hall–Kier alpha value is -3.14. The molecule has 1 aliphatic rings. The van der Waals surface area contributed by atoms with Crippen molar-refractivity contribution in [1.29, 1.82) is 0 Å². The Labute approximate surface area is 212 Å². The topological polar surface area (TPSA) is 72.7 Å². The number of halogens is 2. The number of methoxy groups -OCH3 is 2. The summed E-state index contributed by atoms with van der Waals surface area (Å²) < 4.78 is 27.6. The summed E-state index contributed by atoms with van der Waals surface area (Å²) in [7, 11) is 5.04. The first-order chi connectivity index (χ1) is 16.9. The number of likely N-dealkylation sites (tertiary alicyclic amines) is 1. The fraction of sp³-hybridized carbons (Fsp3) is 0.400. The van der Waals surface area contributed by atoms with Crippen LogP contribution in [0.25, 0.3) is 0 Å². The van der Waals surface area contributed by atoms with Gasteiger partial charge in [-0.3, -0.25) is 9.36 Å². The quantitative estimate of drug-likeness (QED) is 0.380. The standard InChI is InChI=1S/C25H29BrFN5O3/c1-30(15-18-14-19(34-2)7-8-20(18)26)25-29-28-23(16-31-11-4-5-24(31)33)32(25)12-10-17-6-9-22(35-3)21(27)13-17/h6-9,13-14H,4-5,10-12,15-16H2,1-3H3. The lowest BCUT2D eigenvalue weighted by molar-refractivity contribution is -0.128. The molecule has 0 bridgehead atoms. The highest BCUT2D eigenvalue weighted by atomic mass is 79.9. The van der Waals surface area contributed by atoms with Crippen LogP contribution in [0, 0.1) is 5.82 Å². The van der Waals surface area contributed by atoms with Crippen LogP contribution in [-0.4, -0.2) is 53.4 Å². The van der Waals surface area contributed by atoms with Crippen molar-refractivity contribution in [3.05, 3.63) is 63.6 Å². The maximum atomic E-state index is 14.2. The molecule has 0 unspecified atom stereocenters. The van der Waals surface area contributed by atoms with Gasteiger partial charge < -0.3 is 19.3 Å². The van der Waals surface area contributed by atoms with Crippen molar-refractivity contribution in [2.75, 3.05) is 32.7 Å². The molecule has 1 fully saturated rings. The van der Waals surface area contributed by atoms with Gasteiger partial charge in [-0.25, -0.2) is 4.39 Å². The van der Waals surface area contributed by atoms with Crippen molar-refractivity contribution in [3.8, 4) is 11.5 Å². The molecule has 0 N–H and O–H groups in total. The largest absolute Gasteiger partial charge is 0.497 e. The van der Waals surface area contributed by atoms with E-state index in [2.05, 4.69) is 26.1 Å². The van der Waals surface area contributed by atoms with Gasteiger partial charge in [0, 0.05) is 37.6 Å². The molecule has 4 rings (SSSR count). The average Bonchev–Trinajstić information content (AvgIpc) is 3.45. The molecule has 3 aromatic rings. The molecule has 0 saturated carbocycles. The lowest BCUT2D eigenvalue weighted by atomic mass is 10.1. The van der Waals surface area contributed by atoms with E-state index in [-0.39, 0.29) is 11.7 Å². The van der Waals surface area contributed by atoms with Crippen LogP contribution < -0.4 is 14.4 Å². The molecule has 186 valence electrons. The summed E-state index contributed by atoms with van der Waals surface area (Å²) in [6.45, 7) is 2.22. The third-order valence-electron chi connectivity index (χ3n) is 6.15. The summed E-state index contributed by atoms with van der Waals surface area (Å²) in [5, 5.41) is 8.91. The van der Waals surface area contributed by atoms with E-state index >= 15 is 0 Å². The Morgan fingerprint density at radius 3 is 2.66 bits per heavy atom. The van der Waals surface area contributed by atoms with Gasteiger partial charge in [0.1, 0.15) is 5.75 Å². The fourth-order valence-electron chi connectivity index (χ4n) is 4.23. The van der Waals surface area contributed by atoms with E-state index in [1.807, 2.05) is 45.7 Å². The van der Waals surface area contributed by atoms with Gasteiger partial charge in [0.25, 0.3) is 0 Å². The van der Waals surface area contributed by atoms with E-state index in [0.29, 0.717) is 44.2 Å². The van der Waals surface area contributed by atoms with E-state index in [4.69, 9.17) is 9.47 Å². The predicted octanol–water partition coefficient (Wildman–Crippen LogP) is 4.20. The number of rotatable bonds is 10. The van der Waals surface area contributed by atoms with Gasteiger partial charge in [-0.05, 0) is 54.3 Å². The second-order valence-electron chi connectivity index (χ2n) is 8.52. The molecular weight excluding hydrogens is 517 g/mol. The highest BCUT2D eigenvalue weighted by Crippen LogP contribution is 2.26. The van der Waals surface area contributed by atoms with E-state index in [0.717, 1.165) is 34.3 Å². The van der Waals surface area contributed by atoms with Crippen LogP contribution in [0.2, 0.25) is 0 Å². The van der Waals surface area contributed by atoms with Crippen LogP contribution in [-0.2, 0) is 30.8 Å². The summed E-state index contributed by atoms with van der Waals surface area (Å²) >= 11 is 3.61. The lowest BCUT2D eigenvalue weighted by Gasteiger charge is -2.22. The number of hydrogen-bond donors (Lipinski definition) is 0. The maximum absolute atomic E-state index is 14.2. The van der Waals surface area contributed by atoms with E-state index in [9.17, 15) is 9.18 Å². The van der Waals surface area contributed by atoms with Crippen molar-refractivity contribution in [2.24, 2.45) is 0 Å². The van der Waals surface area contributed by atoms with Crippen LogP contribution in [0.15, 0.2) is 40.9 Å². The van der Waals surface area contributed by atoms with Crippen molar-refractivity contribution in [1.82, 2.24) is 19.7 Å². The van der Waals surface area contributed by atoms with Crippen LogP contribution in [0.5, 0.6) is 11.5 Å². The second-order valence-corrected chi connectivity index (χ2v) is 9.37. The number of ether oxygens (including phenoxy) is 2. The molecular formula is C25H29BrFN5O3. The molecule has 0 aliphatic carbocycles. The van der Waals surface area contributed by atoms with E-state index in [1.54, 1.807) is 13.2 Å². The molecule has 1 amide bonds. The Morgan fingerprint density at radius 1 is 1.14 bits per heavy atom. The monoisotopic (exact) mass is 545 g/mol. The first-order valence-electron chi connectivity index (χ1n) is 11.5. The molecule has 0 radical (unpaired) electrons. The second kappa shape index (κ2) is 11.1. The Balaban J connectivity index is 1.59. The number of carbonyl (C=O) groups excluding carboxylic acids is 1. The average molecular weight is 546 g/mol. The molecule has 8 nitrogen and oxygen atoms in total. The van der Waals surface area contributed by atoms with Crippen LogP contribution in [0.4, 0.5) is 10.3 Å². The normalized spacial score (nSPS) is 13.4. The number of benzene rings is 2. The SMILES string of the molecule is COc1ccc(Br)c(CN(C)c2nnc(CN3CCCC3=O)n2CCc2ccc(OC)c(F)c2)c1. The van der Waals surface area contributed by atoms with Gasteiger partial charge in [-0.1, -0.05) is 22.0 Å². The Kier molecular flexibility index (Phi) is 7.90. The number of anilines is 1. The summed E-state index contributed by atoms with van der Waals surface area (Å²) in [6, 6.07) is 10.8. The molecule has 2 aromatic carbocycles. The van der Waals surface area contributed by atoms with Crippen molar-refractivity contribution in [2.45, 2.75) is 38.9 Å². The number of hydrogen-bond acceptors (Lipinski definition) is 6. The Morgan fingerprint density at radius 2 is 1.97 bits per heavy atom. The van der Waals surface area contributed by atoms with Crippen molar-refractivity contribution < 1.29 is 18.7 Å². The maximum Gasteiger partial charge on any atom is 0.227 e. The number of amides is 1. The zero-order valence-electron chi connectivity index (χ0n) is 20.1. The number of aryl methyl sites for hydroxylation is 1. The zero-order chi connectivity index (χ0) is 24.9. The van der Waals surface area contributed by atoms with Gasteiger partial charge in [-0.2, -0.15) is 0 Å².